The fourth-order valence-electron chi connectivity index (χ4n) is 4.75. The number of pyridine rings is 1. The Hall–Kier alpha value is -3.57. The van der Waals surface area contributed by atoms with E-state index in [1.165, 1.54) is 10.6 Å². The number of nitrogens with one attached hydrogen (secondary N) is 1. The Bertz CT molecular complexity index is 1700. The van der Waals surface area contributed by atoms with Crippen molar-refractivity contribution in [1.29, 1.82) is 0 Å². The van der Waals surface area contributed by atoms with Crippen LogP contribution < -0.4 is 10.9 Å². The Morgan fingerprint density at radius 1 is 1.05 bits per heavy atom. The number of hydrogen-bond donors (Lipinski definition) is 1. The Labute approximate surface area is 222 Å². The maximum Gasteiger partial charge on any atom is 0.278 e. The van der Waals surface area contributed by atoms with E-state index in [2.05, 4.69) is 36.1 Å². The van der Waals surface area contributed by atoms with Crippen molar-refractivity contribution in [1.82, 2.24) is 28.6 Å². The molecule has 1 aromatic carbocycles. The minimum atomic E-state index is -3.23. The Morgan fingerprint density at radius 2 is 1.82 bits per heavy atom. The summed E-state index contributed by atoms with van der Waals surface area (Å²) in [6.45, 7) is 11.1. The van der Waals surface area contributed by atoms with Crippen molar-refractivity contribution in [3.05, 3.63) is 69.9 Å². The second-order valence-corrected chi connectivity index (χ2v) is 13.1. The molecule has 3 aromatic heterocycles. The predicted molar refractivity (Wildman–Crippen MR) is 149 cm³/mol. The molecule has 1 aliphatic heterocycles. The van der Waals surface area contributed by atoms with Crippen LogP contribution in [-0.2, 0) is 28.4 Å². The van der Waals surface area contributed by atoms with Crippen LogP contribution in [0.15, 0.2) is 47.5 Å². The first-order chi connectivity index (χ1) is 17.8. The van der Waals surface area contributed by atoms with Crippen molar-refractivity contribution in [2.45, 2.75) is 59.0 Å². The van der Waals surface area contributed by atoms with Gasteiger partial charge in [-0.25, -0.2) is 22.8 Å². The van der Waals surface area contributed by atoms with Gasteiger partial charge in [0.2, 0.25) is 16.0 Å². The van der Waals surface area contributed by atoms with E-state index in [9.17, 15) is 13.2 Å². The average Bonchev–Trinajstić information content (AvgIpc) is 3.14. The number of benzene rings is 1. The van der Waals surface area contributed by atoms with Crippen LogP contribution in [0.4, 0.5) is 11.6 Å². The molecule has 0 saturated heterocycles. The van der Waals surface area contributed by atoms with Crippen molar-refractivity contribution in [3.8, 4) is 5.69 Å². The molecule has 4 aromatic rings. The minimum absolute atomic E-state index is 0.105. The van der Waals surface area contributed by atoms with Crippen LogP contribution in [-0.4, -0.2) is 49.8 Å². The highest BCUT2D eigenvalue weighted by Gasteiger charge is 2.24. The summed E-state index contributed by atoms with van der Waals surface area (Å²) in [5, 5.41) is 3.70. The molecule has 4 heterocycles. The third-order valence-electron chi connectivity index (χ3n) is 6.78. The van der Waals surface area contributed by atoms with E-state index in [0.29, 0.717) is 36.5 Å². The van der Waals surface area contributed by atoms with E-state index < -0.39 is 10.0 Å². The van der Waals surface area contributed by atoms with Crippen LogP contribution in [0.1, 0.15) is 57.5 Å². The van der Waals surface area contributed by atoms with Gasteiger partial charge in [0.05, 0.1) is 11.9 Å². The summed E-state index contributed by atoms with van der Waals surface area (Å²) in [4.78, 5) is 27.1. The van der Waals surface area contributed by atoms with Gasteiger partial charge in [0.15, 0.2) is 5.65 Å². The third kappa shape index (κ3) is 4.83. The summed E-state index contributed by atoms with van der Waals surface area (Å²) in [5.74, 6) is 0.366. The molecule has 0 spiro atoms. The normalized spacial score (nSPS) is 14.7. The zero-order chi connectivity index (χ0) is 27.4. The summed E-state index contributed by atoms with van der Waals surface area (Å²) in [5.41, 5.74) is 4.79. The average molecular weight is 536 g/mol. The Balaban J connectivity index is 1.55. The molecule has 1 N–H and O–H groups in total. The molecule has 1 aliphatic rings. The fraction of sp³-hybridized carbons (Fsp3) is 0.407. The molecule has 0 radical (unpaired) electrons. The number of anilines is 2. The third-order valence-corrected chi connectivity index (χ3v) is 8.03. The van der Waals surface area contributed by atoms with Crippen molar-refractivity contribution in [3.63, 3.8) is 0 Å². The standard InChI is InChI=1S/C27H33N7O3S/c1-17(2)33-25(35)22-15-29-26(31-24(22)34(33)21-9-11-28-23(14-21)27(3,4)5)30-20-8-7-19-16-32(38(6,36)37)12-10-18(19)13-20/h7-9,11,13-15,17H,10,12,16H2,1-6H3,(H,29,30,31). The second-order valence-electron chi connectivity index (χ2n) is 11.1. The summed E-state index contributed by atoms with van der Waals surface area (Å²) >= 11 is 0. The van der Waals surface area contributed by atoms with Gasteiger partial charge in [0.1, 0.15) is 5.39 Å². The van der Waals surface area contributed by atoms with Gasteiger partial charge < -0.3 is 5.32 Å². The van der Waals surface area contributed by atoms with Crippen molar-refractivity contribution in [2.75, 3.05) is 18.1 Å². The molecule has 0 saturated carbocycles. The van der Waals surface area contributed by atoms with Crippen molar-refractivity contribution >= 4 is 32.7 Å². The lowest BCUT2D eigenvalue weighted by Crippen LogP contribution is -2.35. The van der Waals surface area contributed by atoms with Gasteiger partial charge in [-0.2, -0.15) is 9.29 Å². The number of fused-ring (bicyclic) bond motifs is 2. The lowest BCUT2D eigenvalue weighted by molar-refractivity contribution is 0.395. The number of nitrogens with zero attached hydrogens (tertiary/aromatic N) is 6. The van der Waals surface area contributed by atoms with Crippen LogP contribution in [0.2, 0.25) is 0 Å². The van der Waals surface area contributed by atoms with Crippen molar-refractivity contribution < 1.29 is 8.42 Å². The van der Waals surface area contributed by atoms with E-state index in [0.717, 1.165) is 28.2 Å². The van der Waals surface area contributed by atoms with E-state index in [4.69, 9.17) is 4.98 Å². The monoisotopic (exact) mass is 535 g/mol. The van der Waals surface area contributed by atoms with E-state index in [-0.39, 0.29) is 17.0 Å². The fourth-order valence-corrected chi connectivity index (χ4v) is 5.55. The minimum Gasteiger partial charge on any atom is -0.324 e. The molecule has 5 rings (SSSR count). The molecule has 11 heteroatoms. The van der Waals surface area contributed by atoms with Gasteiger partial charge in [-0.1, -0.05) is 26.8 Å². The summed E-state index contributed by atoms with van der Waals surface area (Å²) in [6.07, 6.45) is 5.20. The highest BCUT2D eigenvalue weighted by atomic mass is 32.2. The van der Waals surface area contributed by atoms with Gasteiger partial charge in [0, 0.05) is 48.3 Å². The number of sulfonamides is 1. The Kier molecular flexibility index (Phi) is 6.39. The highest BCUT2D eigenvalue weighted by Crippen LogP contribution is 2.27. The lowest BCUT2D eigenvalue weighted by Gasteiger charge is -2.27. The van der Waals surface area contributed by atoms with Crippen LogP contribution in [0.3, 0.4) is 0 Å². The van der Waals surface area contributed by atoms with Gasteiger partial charge in [-0.3, -0.25) is 9.78 Å². The van der Waals surface area contributed by atoms with Gasteiger partial charge >= 0.3 is 0 Å². The zero-order valence-electron chi connectivity index (χ0n) is 22.6. The molecule has 0 amide bonds. The second kappa shape index (κ2) is 9.32. The SMILES string of the molecule is CC(C)n1c(=O)c2cnc(Nc3ccc4c(c3)CCN(S(C)(=O)=O)C4)nc2n1-c1ccnc(C(C)(C)C)c1. The van der Waals surface area contributed by atoms with Crippen molar-refractivity contribution in [2.24, 2.45) is 0 Å². The van der Waals surface area contributed by atoms with Crippen LogP contribution >= 0.6 is 0 Å². The maximum absolute atomic E-state index is 13.4. The molecule has 0 atom stereocenters. The highest BCUT2D eigenvalue weighted by molar-refractivity contribution is 7.88. The Morgan fingerprint density at radius 3 is 2.50 bits per heavy atom. The van der Waals surface area contributed by atoms with Crippen LogP contribution in [0.25, 0.3) is 16.7 Å². The number of rotatable bonds is 5. The molecule has 0 bridgehead atoms. The molecule has 0 unspecified atom stereocenters. The molecular weight excluding hydrogens is 502 g/mol. The molecule has 0 aliphatic carbocycles. The quantitative estimate of drug-likeness (QED) is 0.412. The number of hydrogen-bond acceptors (Lipinski definition) is 7. The summed E-state index contributed by atoms with van der Waals surface area (Å²) < 4.78 is 28.9. The summed E-state index contributed by atoms with van der Waals surface area (Å²) in [6, 6.07) is 9.61. The smallest absolute Gasteiger partial charge is 0.278 e. The molecule has 0 fully saturated rings. The van der Waals surface area contributed by atoms with Gasteiger partial charge in [0.25, 0.3) is 5.56 Å². The zero-order valence-corrected chi connectivity index (χ0v) is 23.4. The first-order valence-corrected chi connectivity index (χ1v) is 14.5. The largest absolute Gasteiger partial charge is 0.324 e. The van der Waals surface area contributed by atoms with Gasteiger partial charge in [-0.05, 0) is 55.7 Å². The van der Waals surface area contributed by atoms with E-state index in [1.807, 2.05) is 48.9 Å². The lowest BCUT2D eigenvalue weighted by atomic mass is 9.91. The molecule has 38 heavy (non-hydrogen) atoms. The van der Waals surface area contributed by atoms with E-state index in [1.54, 1.807) is 17.1 Å². The predicted octanol–water partition coefficient (Wildman–Crippen LogP) is 3.92. The first-order valence-electron chi connectivity index (χ1n) is 12.6. The molecule has 10 nitrogen and oxygen atoms in total. The van der Waals surface area contributed by atoms with Crippen LogP contribution in [0, 0.1) is 0 Å². The topological polar surface area (TPSA) is 115 Å². The summed E-state index contributed by atoms with van der Waals surface area (Å²) in [7, 11) is -3.23. The number of aromatic nitrogens is 5. The molecule has 200 valence electrons. The van der Waals surface area contributed by atoms with Gasteiger partial charge in [-0.15, -0.1) is 0 Å². The first kappa shape index (κ1) is 26.1. The maximum atomic E-state index is 13.4. The molecular formula is C27H33N7O3S. The van der Waals surface area contributed by atoms with E-state index >= 15 is 0 Å². The van der Waals surface area contributed by atoms with Crippen LogP contribution in [0.5, 0.6) is 0 Å².